The van der Waals surface area contributed by atoms with Gasteiger partial charge in [-0.15, -0.1) is 0 Å². The Balaban J connectivity index is 1.83. The molecule has 0 aliphatic heterocycles. The van der Waals surface area contributed by atoms with Crippen LogP contribution in [0.2, 0.25) is 0 Å². The van der Waals surface area contributed by atoms with Crippen molar-refractivity contribution in [3.8, 4) is 0 Å². The summed E-state index contributed by atoms with van der Waals surface area (Å²) in [5, 5.41) is 2.87. The molecule has 2 aromatic carbocycles. The first-order valence-electron chi connectivity index (χ1n) is 8.04. The van der Waals surface area contributed by atoms with Crippen LogP contribution in [0, 0.1) is 6.92 Å². The molecule has 0 spiro atoms. The van der Waals surface area contributed by atoms with Gasteiger partial charge in [-0.2, -0.15) is 0 Å². The molecule has 4 nitrogen and oxygen atoms in total. The summed E-state index contributed by atoms with van der Waals surface area (Å²) < 4.78 is 23.5. The van der Waals surface area contributed by atoms with Crippen LogP contribution in [0.5, 0.6) is 0 Å². The molecule has 0 saturated heterocycles. The van der Waals surface area contributed by atoms with Gasteiger partial charge in [-0.25, -0.2) is 8.42 Å². The number of sulfone groups is 1. The molecule has 0 fully saturated rings. The first kappa shape index (κ1) is 18.2. The van der Waals surface area contributed by atoms with Crippen molar-refractivity contribution >= 4 is 15.7 Å². The minimum Gasteiger partial charge on any atom is -0.352 e. The van der Waals surface area contributed by atoms with Crippen molar-refractivity contribution in [2.45, 2.75) is 38.1 Å². The number of aryl methyl sites for hydroxylation is 2. The van der Waals surface area contributed by atoms with Gasteiger partial charge in [-0.05, 0) is 36.6 Å². The quantitative estimate of drug-likeness (QED) is 0.839. The van der Waals surface area contributed by atoms with Gasteiger partial charge >= 0.3 is 0 Å². The minimum absolute atomic E-state index is 0.0123. The van der Waals surface area contributed by atoms with Gasteiger partial charge in [0.1, 0.15) is 0 Å². The zero-order valence-electron chi connectivity index (χ0n) is 14.1. The lowest BCUT2D eigenvalue weighted by atomic mass is 10.1. The second-order valence-corrected chi connectivity index (χ2v) is 8.09. The number of hydrogen-bond donors (Lipinski definition) is 1. The lowest BCUT2D eigenvalue weighted by molar-refractivity contribution is -0.121. The molecule has 0 atom stereocenters. The van der Waals surface area contributed by atoms with Gasteiger partial charge in [0.05, 0.1) is 10.6 Å². The van der Waals surface area contributed by atoms with Gasteiger partial charge in [-0.1, -0.05) is 48.9 Å². The van der Waals surface area contributed by atoms with Crippen LogP contribution >= 0.6 is 0 Å². The number of carbonyl (C=O) groups is 1. The van der Waals surface area contributed by atoms with Gasteiger partial charge in [0.15, 0.2) is 9.84 Å². The van der Waals surface area contributed by atoms with Crippen LogP contribution in [0.4, 0.5) is 0 Å². The average Bonchev–Trinajstić information content (AvgIpc) is 2.58. The maximum absolute atomic E-state index is 11.9. The molecule has 0 saturated carbocycles. The smallest absolute Gasteiger partial charge is 0.220 e. The van der Waals surface area contributed by atoms with E-state index in [9.17, 15) is 13.2 Å². The molecule has 0 aliphatic carbocycles. The first-order valence-corrected chi connectivity index (χ1v) is 9.70. The van der Waals surface area contributed by atoms with E-state index in [1.54, 1.807) is 31.2 Å². The highest BCUT2D eigenvalue weighted by molar-refractivity contribution is 7.91. The maximum Gasteiger partial charge on any atom is 0.220 e. The van der Waals surface area contributed by atoms with Gasteiger partial charge in [0.25, 0.3) is 0 Å². The van der Waals surface area contributed by atoms with Crippen molar-refractivity contribution in [3.05, 3.63) is 65.2 Å². The molecule has 0 aliphatic rings. The van der Waals surface area contributed by atoms with Crippen molar-refractivity contribution in [1.82, 2.24) is 5.32 Å². The Bertz CT molecular complexity index is 796. The maximum atomic E-state index is 11.9. The Hall–Kier alpha value is -2.14. The van der Waals surface area contributed by atoms with Crippen molar-refractivity contribution in [3.63, 3.8) is 0 Å². The molecule has 5 heteroatoms. The Morgan fingerprint density at radius 2 is 1.75 bits per heavy atom. The third kappa shape index (κ3) is 5.20. The van der Waals surface area contributed by atoms with Crippen LogP contribution in [0.15, 0.2) is 53.4 Å². The highest BCUT2D eigenvalue weighted by Crippen LogP contribution is 2.12. The van der Waals surface area contributed by atoms with Crippen LogP contribution < -0.4 is 5.32 Å². The van der Waals surface area contributed by atoms with Gasteiger partial charge in [-0.3, -0.25) is 4.79 Å². The Morgan fingerprint density at radius 1 is 1.04 bits per heavy atom. The summed E-state index contributed by atoms with van der Waals surface area (Å²) in [7, 11) is -3.18. The molecule has 24 heavy (non-hydrogen) atoms. The summed E-state index contributed by atoms with van der Waals surface area (Å²) in [5.74, 6) is 0.0731. The second kappa shape index (κ2) is 8.11. The number of amides is 1. The third-order valence-electron chi connectivity index (χ3n) is 3.88. The molecule has 0 radical (unpaired) electrons. The Labute approximate surface area is 143 Å². The summed E-state index contributed by atoms with van der Waals surface area (Å²) in [6.07, 6.45) is 1.15. The van der Waals surface area contributed by atoms with Crippen molar-refractivity contribution in [2.24, 2.45) is 0 Å². The van der Waals surface area contributed by atoms with E-state index in [2.05, 4.69) is 11.4 Å². The third-order valence-corrected chi connectivity index (χ3v) is 5.63. The topological polar surface area (TPSA) is 63.2 Å². The van der Waals surface area contributed by atoms with E-state index in [0.29, 0.717) is 24.3 Å². The SMILES string of the molecule is CCS(=O)(=O)c1ccc(CNC(=O)CCc2cccc(C)c2)cc1. The van der Waals surface area contributed by atoms with E-state index in [0.717, 1.165) is 11.1 Å². The van der Waals surface area contributed by atoms with Crippen LogP contribution in [0.25, 0.3) is 0 Å². The van der Waals surface area contributed by atoms with E-state index in [4.69, 9.17) is 0 Å². The van der Waals surface area contributed by atoms with E-state index in [1.807, 2.05) is 25.1 Å². The molecule has 0 heterocycles. The highest BCUT2D eigenvalue weighted by atomic mass is 32.2. The van der Waals surface area contributed by atoms with E-state index < -0.39 is 9.84 Å². The zero-order valence-corrected chi connectivity index (χ0v) is 14.9. The van der Waals surface area contributed by atoms with E-state index in [-0.39, 0.29) is 11.7 Å². The van der Waals surface area contributed by atoms with Crippen LogP contribution in [0.3, 0.4) is 0 Å². The molecular weight excluding hydrogens is 322 g/mol. The minimum atomic E-state index is -3.18. The van der Waals surface area contributed by atoms with Gasteiger partial charge in [0, 0.05) is 13.0 Å². The summed E-state index contributed by atoms with van der Waals surface area (Å²) in [5.41, 5.74) is 3.23. The normalized spacial score (nSPS) is 11.2. The van der Waals surface area contributed by atoms with E-state index in [1.165, 1.54) is 5.56 Å². The monoisotopic (exact) mass is 345 g/mol. The molecule has 0 unspecified atom stereocenters. The first-order chi connectivity index (χ1) is 11.4. The predicted molar refractivity (Wildman–Crippen MR) is 95.5 cm³/mol. The zero-order chi connectivity index (χ0) is 17.6. The number of hydrogen-bond acceptors (Lipinski definition) is 3. The second-order valence-electron chi connectivity index (χ2n) is 5.81. The predicted octanol–water partition coefficient (Wildman–Crippen LogP) is 3.04. The van der Waals surface area contributed by atoms with Crippen LogP contribution in [0.1, 0.15) is 30.0 Å². The summed E-state index contributed by atoms with van der Waals surface area (Å²) >= 11 is 0. The van der Waals surface area contributed by atoms with Gasteiger partial charge < -0.3 is 5.32 Å². The fourth-order valence-corrected chi connectivity index (χ4v) is 3.28. The lowest BCUT2D eigenvalue weighted by Crippen LogP contribution is -2.23. The Kier molecular flexibility index (Phi) is 6.15. The summed E-state index contributed by atoms with van der Waals surface area (Å²) in [6, 6.07) is 14.8. The van der Waals surface area contributed by atoms with E-state index >= 15 is 0 Å². The summed E-state index contributed by atoms with van der Waals surface area (Å²) in [6.45, 7) is 4.06. The number of benzene rings is 2. The molecule has 128 valence electrons. The largest absolute Gasteiger partial charge is 0.352 e. The molecule has 2 aromatic rings. The summed E-state index contributed by atoms with van der Waals surface area (Å²) in [4.78, 5) is 12.3. The number of nitrogens with one attached hydrogen (secondary N) is 1. The van der Waals surface area contributed by atoms with Crippen molar-refractivity contribution in [2.75, 3.05) is 5.75 Å². The molecule has 2 rings (SSSR count). The molecule has 1 amide bonds. The van der Waals surface area contributed by atoms with Crippen LogP contribution in [-0.4, -0.2) is 20.1 Å². The number of rotatable bonds is 7. The number of carbonyl (C=O) groups excluding carboxylic acids is 1. The molecule has 0 bridgehead atoms. The van der Waals surface area contributed by atoms with Crippen LogP contribution in [-0.2, 0) is 27.6 Å². The lowest BCUT2D eigenvalue weighted by Gasteiger charge is -2.07. The Morgan fingerprint density at radius 3 is 2.38 bits per heavy atom. The average molecular weight is 345 g/mol. The molecule has 1 N–H and O–H groups in total. The standard InChI is InChI=1S/C19H23NO3S/c1-3-24(22,23)18-10-7-17(8-11-18)14-20-19(21)12-9-16-6-4-5-15(2)13-16/h4-8,10-11,13H,3,9,12,14H2,1-2H3,(H,20,21). The highest BCUT2D eigenvalue weighted by Gasteiger charge is 2.10. The van der Waals surface area contributed by atoms with Crippen molar-refractivity contribution < 1.29 is 13.2 Å². The molecular formula is C19H23NO3S. The molecule has 0 aromatic heterocycles. The van der Waals surface area contributed by atoms with Crippen molar-refractivity contribution in [1.29, 1.82) is 0 Å². The van der Waals surface area contributed by atoms with Gasteiger partial charge in [0.2, 0.25) is 5.91 Å². The fraction of sp³-hybridized carbons (Fsp3) is 0.316. The fourth-order valence-electron chi connectivity index (χ4n) is 2.40.